The molecule has 1 aromatic carbocycles. The molecule has 1 unspecified atom stereocenters. The number of carbonyl (C=O) groups excluding carboxylic acids is 2. The van der Waals surface area contributed by atoms with Crippen molar-refractivity contribution in [1.82, 2.24) is 9.21 Å². The van der Waals surface area contributed by atoms with Crippen molar-refractivity contribution in [1.29, 1.82) is 0 Å². The topological polar surface area (TPSA) is 101 Å². The number of benzene rings is 1. The molecule has 1 saturated heterocycles. The van der Waals surface area contributed by atoms with Gasteiger partial charge in [0.2, 0.25) is 15.9 Å². The average Bonchev–Trinajstić information content (AvgIpc) is 2.70. The summed E-state index contributed by atoms with van der Waals surface area (Å²) >= 11 is 0. The fourth-order valence-corrected chi connectivity index (χ4v) is 3.29. The minimum atomic E-state index is -3.50. The molecule has 23 heavy (non-hydrogen) atoms. The molecule has 1 fully saturated rings. The van der Waals surface area contributed by atoms with Gasteiger partial charge in [0.15, 0.2) is 0 Å². The molecule has 2 rings (SSSR count). The highest BCUT2D eigenvalue weighted by atomic mass is 32.2. The number of amides is 2. The second-order valence-corrected chi connectivity index (χ2v) is 7.46. The van der Waals surface area contributed by atoms with Crippen LogP contribution in [0.4, 0.5) is 4.39 Å². The number of rotatable bonds is 3. The molecule has 1 aliphatic rings. The van der Waals surface area contributed by atoms with Gasteiger partial charge in [-0.2, -0.15) is 4.31 Å². The van der Waals surface area contributed by atoms with Crippen LogP contribution in [0.5, 0.6) is 0 Å². The molecular weight excluding hydrogens is 325 g/mol. The van der Waals surface area contributed by atoms with E-state index in [0.717, 1.165) is 10.6 Å². The number of sulfonamides is 1. The zero-order valence-corrected chi connectivity index (χ0v) is 13.4. The predicted octanol–water partition coefficient (Wildman–Crippen LogP) is -0.355. The molecule has 0 aliphatic carbocycles. The lowest BCUT2D eigenvalue weighted by molar-refractivity contribution is -0.122. The highest BCUT2D eigenvalue weighted by Crippen LogP contribution is 2.15. The molecule has 7 nitrogen and oxygen atoms in total. The molecule has 1 aliphatic heterocycles. The first-order chi connectivity index (χ1) is 10.7. The van der Waals surface area contributed by atoms with E-state index in [1.165, 1.54) is 29.2 Å². The van der Waals surface area contributed by atoms with Crippen LogP contribution >= 0.6 is 0 Å². The Morgan fingerprint density at radius 1 is 1.17 bits per heavy atom. The number of carbonyl (C=O) groups is 2. The fourth-order valence-electron chi connectivity index (χ4n) is 2.43. The Balaban J connectivity index is 2.23. The summed E-state index contributed by atoms with van der Waals surface area (Å²) in [5.74, 6) is -2.32. The third-order valence-corrected chi connectivity index (χ3v) is 5.00. The highest BCUT2D eigenvalue weighted by molar-refractivity contribution is 7.88. The summed E-state index contributed by atoms with van der Waals surface area (Å²) < 4.78 is 37.5. The van der Waals surface area contributed by atoms with Gasteiger partial charge in [0.25, 0.3) is 5.91 Å². The number of hydrogen-bond acceptors (Lipinski definition) is 4. The highest BCUT2D eigenvalue weighted by Gasteiger charge is 2.32. The summed E-state index contributed by atoms with van der Waals surface area (Å²) in [6, 6.07) is 5.02. The lowest BCUT2D eigenvalue weighted by atomic mass is 10.1. The summed E-state index contributed by atoms with van der Waals surface area (Å²) in [5.41, 5.74) is 5.58. The van der Waals surface area contributed by atoms with E-state index in [1.54, 1.807) is 0 Å². The fraction of sp³-hybridized carbons (Fsp3) is 0.429. The van der Waals surface area contributed by atoms with E-state index >= 15 is 0 Å². The summed E-state index contributed by atoms with van der Waals surface area (Å²) in [4.78, 5) is 25.4. The van der Waals surface area contributed by atoms with Gasteiger partial charge in [-0.05, 0) is 24.3 Å². The molecule has 0 aromatic heterocycles. The third kappa shape index (κ3) is 4.26. The van der Waals surface area contributed by atoms with E-state index in [2.05, 4.69) is 0 Å². The van der Waals surface area contributed by atoms with Crippen molar-refractivity contribution in [2.75, 3.05) is 32.4 Å². The van der Waals surface area contributed by atoms with Gasteiger partial charge in [-0.25, -0.2) is 12.8 Å². The monoisotopic (exact) mass is 343 g/mol. The molecule has 0 radical (unpaired) electrons. The SMILES string of the molecule is CS(=O)(=O)N1CCN(C(=O)c2ccc(F)cc2)CC(C(N)=O)C1. The molecular formula is C14H18FN3O4S. The van der Waals surface area contributed by atoms with Crippen LogP contribution in [0, 0.1) is 11.7 Å². The van der Waals surface area contributed by atoms with Crippen LogP contribution in [0.25, 0.3) is 0 Å². The van der Waals surface area contributed by atoms with Gasteiger partial charge in [0, 0.05) is 31.7 Å². The molecule has 1 atom stereocenters. The maximum absolute atomic E-state index is 12.9. The van der Waals surface area contributed by atoms with Crippen molar-refractivity contribution in [2.24, 2.45) is 11.7 Å². The van der Waals surface area contributed by atoms with Crippen LogP contribution in [-0.2, 0) is 14.8 Å². The molecule has 1 heterocycles. The third-order valence-electron chi connectivity index (χ3n) is 3.73. The summed E-state index contributed by atoms with van der Waals surface area (Å²) in [6.45, 7) is 0.182. The van der Waals surface area contributed by atoms with Crippen molar-refractivity contribution in [3.63, 3.8) is 0 Å². The van der Waals surface area contributed by atoms with Crippen LogP contribution < -0.4 is 5.73 Å². The minimum Gasteiger partial charge on any atom is -0.369 e. The smallest absolute Gasteiger partial charge is 0.253 e. The van der Waals surface area contributed by atoms with Crippen LogP contribution in [0.15, 0.2) is 24.3 Å². The second-order valence-electron chi connectivity index (χ2n) is 5.48. The largest absolute Gasteiger partial charge is 0.369 e. The molecule has 0 spiro atoms. The quantitative estimate of drug-likeness (QED) is 0.810. The first kappa shape index (κ1) is 17.4. The Morgan fingerprint density at radius 3 is 2.30 bits per heavy atom. The maximum Gasteiger partial charge on any atom is 0.253 e. The molecule has 1 aromatic rings. The Kier molecular flexibility index (Phi) is 5.00. The molecule has 2 N–H and O–H groups in total. The average molecular weight is 343 g/mol. The first-order valence-corrected chi connectivity index (χ1v) is 8.82. The van der Waals surface area contributed by atoms with Gasteiger partial charge in [-0.3, -0.25) is 9.59 Å². The van der Waals surface area contributed by atoms with Gasteiger partial charge in [-0.1, -0.05) is 0 Å². The van der Waals surface area contributed by atoms with Gasteiger partial charge >= 0.3 is 0 Å². The van der Waals surface area contributed by atoms with Crippen molar-refractivity contribution >= 4 is 21.8 Å². The molecule has 2 amide bonds. The minimum absolute atomic E-state index is 0.0254. The van der Waals surface area contributed by atoms with Gasteiger partial charge < -0.3 is 10.6 Å². The van der Waals surface area contributed by atoms with E-state index in [-0.39, 0.29) is 31.7 Å². The van der Waals surface area contributed by atoms with E-state index < -0.39 is 33.6 Å². The number of halogens is 1. The Labute approximate surface area is 133 Å². The number of nitrogens with two attached hydrogens (primary N) is 1. The van der Waals surface area contributed by atoms with Crippen LogP contribution in [0.3, 0.4) is 0 Å². The lowest BCUT2D eigenvalue weighted by Crippen LogP contribution is -2.41. The standard InChI is InChI=1S/C14H18FN3O4S/c1-23(21,22)18-7-6-17(8-11(9-18)13(16)19)14(20)10-2-4-12(15)5-3-10/h2-5,11H,6-9H2,1H3,(H2,16,19). The van der Waals surface area contributed by atoms with Crippen LogP contribution in [-0.4, -0.2) is 61.9 Å². The van der Waals surface area contributed by atoms with E-state index in [9.17, 15) is 22.4 Å². The molecule has 0 bridgehead atoms. The zero-order valence-electron chi connectivity index (χ0n) is 12.6. The number of hydrogen-bond donors (Lipinski definition) is 1. The number of primary amides is 1. The molecule has 9 heteroatoms. The van der Waals surface area contributed by atoms with Gasteiger partial charge in [0.05, 0.1) is 12.2 Å². The first-order valence-electron chi connectivity index (χ1n) is 6.98. The second kappa shape index (κ2) is 6.63. The summed E-state index contributed by atoms with van der Waals surface area (Å²) in [5, 5.41) is 0. The van der Waals surface area contributed by atoms with Gasteiger partial charge in [0.1, 0.15) is 5.82 Å². The van der Waals surface area contributed by atoms with Crippen molar-refractivity contribution in [3.05, 3.63) is 35.6 Å². The summed E-state index contributed by atoms with van der Waals surface area (Å²) in [6.07, 6.45) is 1.04. The predicted molar refractivity (Wildman–Crippen MR) is 81.4 cm³/mol. The lowest BCUT2D eigenvalue weighted by Gasteiger charge is -2.22. The summed E-state index contributed by atoms with van der Waals surface area (Å²) in [7, 11) is -3.50. The normalized spacial score (nSPS) is 20.1. The van der Waals surface area contributed by atoms with E-state index in [0.29, 0.717) is 0 Å². The van der Waals surface area contributed by atoms with Gasteiger partial charge in [-0.15, -0.1) is 0 Å². The Hall–Kier alpha value is -2.00. The Morgan fingerprint density at radius 2 is 1.78 bits per heavy atom. The van der Waals surface area contributed by atoms with Crippen molar-refractivity contribution < 1.29 is 22.4 Å². The van der Waals surface area contributed by atoms with Crippen LogP contribution in [0.2, 0.25) is 0 Å². The molecule has 0 saturated carbocycles. The Bertz CT molecular complexity index is 705. The number of nitrogens with zero attached hydrogens (tertiary/aromatic N) is 2. The zero-order chi connectivity index (χ0) is 17.2. The molecule has 126 valence electrons. The van der Waals surface area contributed by atoms with E-state index in [4.69, 9.17) is 5.73 Å². The van der Waals surface area contributed by atoms with Crippen molar-refractivity contribution in [2.45, 2.75) is 0 Å². The van der Waals surface area contributed by atoms with Crippen LogP contribution in [0.1, 0.15) is 10.4 Å². The van der Waals surface area contributed by atoms with E-state index in [1.807, 2.05) is 0 Å². The maximum atomic E-state index is 12.9. The van der Waals surface area contributed by atoms with Crippen molar-refractivity contribution in [3.8, 4) is 0 Å².